The second-order valence-corrected chi connectivity index (χ2v) is 11.6. The van der Waals surface area contributed by atoms with E-state index < -0.39 is 17.8 Å². The van der Waals surface area contributed by atoms with Crippen LogP contribution in [0.25, 0.3) is 22.4 Å². The van der Waals surface area contributed by atoms with Gasteiger partial charge in [-0.05, 0) is 75.6 Å². The molecule has 0 aliphatic carbocycles. The van der Waals surface area contributed by atoms with Gasteiger partial charge in [-0.25, -0.2) is 14.6 Å². The third-order valence-electron chi connectivity index (χ3n) is 6.66. The summed E-state index contributed by atoms with van der Waals surface area (Å²) in [6.45, 7) is 5.34. The highest BCUT2D eigenvalue weighted by atomic mass is 35.5. The average Bonchev–Trinajstić information content (AvgIpc) is 3.52. The Morgan fingerprint density at radius 3 is 2.43 bits per heavy atom. The zero-order chi connectivity index (χ0) is 30.2. The molecule has 1 aliphatic heterocycles. The van der Waals surface area contributed by atoms with Gasteiger partial charge in [0.25, 0.3) is 5.56 Å². The van der Waals surface area contributed by atoms with Gasteiger partial charge in [0.1, 0.15) is 11.4 Å². The van der Waals surface area contributed by atoms with E-state index in [1.165, 1.54) is 13.2 Å². The number of benzene rings is 2. The smallest absolute Gasteiger partial charge is 0.412 e. The van der Waals surface area contributed by atoms with E-state index in [0.717, 1.165) is 11.3 Å². The third kappa shape index (κ3) is 6.29. The zero-order valence-corrected chi connectivity index (χ0v) is 24.9. The van der Waals surface area contributed by atoms with E-state index in [0.29, 0.717) is 51.9 Å². The van der Waals surface area contributed by atoms with Gasteiger partial charge >= 0.3 is 12.2 Å². The Morgan fingerprint density at radius 1 is 1.00 bits per heavy atom. The van der Waals surface area contributed by atoms with Crippen molar-refractivity contribution in [3.8, 4) is 22.4 Å². The number of H-pyrrole nitrogens is 1. The molecule has 1 aliphatic rings. The molecule has 3 N–H and O–H groups in total. The van der Waals surface area contributed by atoms with E-state index in [1.807, 2.05) is 6.07 Å². The van der Waals surface area contributed by atoms with Crippen LogP contribution in [0.3, 0.4) is 0 Å². The minimum atomic E-state index is -0.669. The number of fused-ring (bicyclic) bond motifs is 1. The number of anilines is 2. The zero-order valence-electron chi connectivity index (χ0n) is 23.4. The minimum Gasteiger partial charge on any atom is -0.453 e. The number of aryl methyl sites for hydroxylation is 1. The summed E-state index contributed by atoms with van der Waals surface area (Å²) in [5.74, 6) is 0.565. The van der Waals surface area contributed by atoms with Crippen LogP contribution in [0.5, 0.6) is 0 Å². The van der Waals surface area contributed by atoms with Crippen molar-refractivity contribution < 1.29 is 19.1 Å². The molecule has 0 spiro atoms. The van der Waals surface area contributed by atoms with Crippen molar-refractivity contribution in [3.05, 3.63) is 86.6 Å². The summed E-state index contributed by atoms with van der Waals surface area (Å²) in [6, 6.07) is 15.2. The molecule has 4 aromatic rings. The lowest BCUT2D eigenvalue weighted by atomic mass is 10.0. The lowest BCUT2D eigenvalue weighted by molar-refractivity contribution is 0.0636. The summed E-state index contributed by atoms with van der Waals surface area (Å²) in [5, 5.41) is 6.11. The van der Waals surface area contributed by atoms with Gasteiger partial charge in [-0.2, -0.15) is 0 Å². The van der Waals surface area contributed by atoms with Crippen LogP contribution >= 0.6 is 23.2 Å². The first-order chi connectivity index (χ1) is 19.9. The number of amides is 2. The van der Waals surface area contributed by atoms with Crippen LogP contribution < -0.4 is 16.2 Å². The van der Waals surface area contributed by atoms with Gasteiger partial charge < -0.3 is 19.0 Å². The monoisotopic (exact) mass is 609 g/mol. The number of pyridine rings is 1. The molecule has 0 bridgehead atoms. The van der Waals surface area contributed by atoms with Crippen molar-refractivity contribution in [2.24, 2.45) is 0 Å². The number of nitrogens with one attached hydrogen (secondary N) is 3. The predicted molar refractivity (Wildman–Crippen MR) is 163 cm³/mol. The number of methoxy groups -OCH3 is 1. The molecule has 2 aromatic heterocycles. The Morgan fingerprint density at radius 2 is 1.74 bits per heavy atom. The second kappa shape index (κ2) is 11.5. The van der Waals surface area contributed by atoms with E-state index in [9.17, 15) is 14.4 Å². The summed E-state index contributed by atoms with van der Waals surface area (Å²) < 4.78 is 11.7. The maximum atomic E-state index is 13.5. The molecule has 3 heterocycles. The molecule has 10 nitrogen and oxygen atoms in total. The number of carbonyl (C=O) groups excluding carboxylic acids is 2. The highest BCUT2D eigenvalue weighted by Crippen LogP contribution is 2.36. The number of aromatic nitrogens is 3. The van der Waals surface area contributed by atoms with Crippen LogP contribution in [0, 0.1) is 0 Å². The molecule has 0 saturated carbocycles. The maximum Gasteiger partial charge on any atom is 0.412 e. The van der Waals surface area contributed by atoms with Gasteiger partial charge in [0, 0.05) is 33.6 Å². The van der Waals surface area contributed by atoms with Crippen molar-refractivity contribution in [2.75, 3.05) is 17.7 Å². The van der Waals surface area contributed by atoms with Crippen molar-refractivity contribution in [2.45, 2.75) is 45.3 Å². The van der Waals surface area contributed by atoms with Crippen molar-refractivity contribution in [1.82, 2.24) is 14.5 Å². The molecule has 12 heteroatoms. The summed E-state index contributed by atoms with van der Waals surface area (Å²) in [6.07, 6.45) is 0.0978. The Kier molecular flexibility index (Phi) is 8.03. The highest BCUT2D eigenvalue weighted by molar-refractivity contribution is 6.32. The van der Waals surface area contributed by atoms with E-state index in [-0.39, 0.29) is 16.8 Å². The van der Waals surface area contributed by atoms with Crippen molar-refractivity contribution >= 4 is 46.8 Å². The normalized spacial score (nSPS) is 14.3. The van der Waals surface area contributed by atoms with E-state index in [4.69, 9.17) is 27.9 Å². The number of hydrogen-bond acceptors (Lipinski definition) is 6. The number of nitrogens with zero attached hydrogens (tertiary/aromatic N) is 2. The Hall–Kier alpha value is -4.28. The summed E-state index contributed by atoms with van der Waals surface area (Å²) in [5.41, 5.74) is 3.56. The van der Waals surface area contributed by atoms with Gasteiger partial charge in [-0.15, -0.1) is 0 Å². The molecule has 0 saturated heterocycles. The molecule has 0 radical (unpaired) electrons. The van der Waals surface area contributed by atoms with Crippen LogP contribution in [0.4, 0.5) is 21.0 Å². The molecule has 218 valence electrons. The second-order valence-electron chi connectivity index (χ2n) is 10.8. The largest absolute Gasteiger partial charge is 0.453 e. The first-order valence-electron chi connectivity index (χ1n) is 13.2. The quantitative estimate of drug-likeness (QED) is 0.218. The molecular weight excluding hydrogens is 581 g/mol. The lowest BCUT2D eigenvalue weighted by Gasteiger charge is -2.21. The van der Waals surface area contributed by atoms with Gasteiger partial charge in [0.15, 0.2) is 5.15 Å². The molecule has 42 heavy (non-hydrogen) atoms. The van der Waals surface area contributed by atoms with Crippen molar-refractivity contribution in [3.63, 3.8) is 0 Å². The fourth-order valence-electron chi connectivity index (χ4n) is 4.89. The SMILES string of the molecule is COC(=O)Nc1ccc(-c2[nH]c(C3CCc4cc(-c5cc(Cl)ccc5NC(=O)OC(C)(C)C)cc(=O)n43)nc2Cl)cc1. The van der Waals surface area contributed by atoms with Gasteiger partial charge in [0.2, 0.25) is 0 Å². The minimum absolute atomic E-state index is 0.222. The molecule has 5 rings (SSSR count). The Labute approximate surface area is 252 Å². The number of ether oxygens (including phenoxy) is 2. The standard InChI is InChI=1S/C30H29Cl2N5O5/c1-30(2,3)42-29(40)34-22-11-7-18(31)15-21(22)17-13-20-10-12-23(37(20)24(38)14-17)27-35-25(26(32)36-27)16-5-8-19(9-6-16)33-28(39)41-4/h5-9,11,13-15,23H,10,12H2,1-4H3,(H,33,39)(H,34,40)(H,35,36). The number of rotatable bonds is 5. The van der Waals surface area contributed by atoms with E-state index >= 15 is 0 Å². The van der Waals surface area contributed by atoms with Crippen LogP contribution in [-0.2, 0) is 15.9 Å². The molecule has 1 atom stereocenters. The first kappa shape index (κ1) is 29.2. The number of carbonyl (C=O) groups is 2. The number of halogens is 2. The van der Waals surface area contributed by atoms with Gasteiger partial charge in [-0.3, -0.25) is 15.4 Å². The van der Waals surface area contributed by atoms with Crippen LogP contribution in [-0.4, -0.2) is 39.4 Å². The fourth-order valence-corrected chi connectivity index (χ4v) is 5.31. The van der Waals surface area contributed by atoms with E-state index in [2.05, 4.69) is 25.3 Å². The Balaban J connectivity index is 1.43. The molecule has 1 unspecified atom stereocenters. The van der Waals surface area contributed by atoms with Gasteiger partial charge in [0.05, 0.1) is 24.5 Å². The summed E-state index contributed by atoms with van der Waals surface area (Å²) >= 11 is 12.8. The third-order valence-corrected chi connectivity index (χ3v) is 7.17. The summed E-state index contributed by atoms with van der Waals surface area (Å²) in [4.78, 5) is 45.3. The average molecular weight is 610 g/mol. The summed E-state index contributed by atoms with van der Waals surface area (Å²) in [7, 11) is 1.29. The van der Waals surface area contributed by atoms with Crippen LogP contribution in [0.15, 0.2) is 59.4 Å². The number of imidazole rings is 1. The first-order valence-corrected chi connectivity index (χ1v) is 13.9. The van der Waals surface area contributed by atoms with Crippen molar-refractivity contribution in [1.29, 1.82) is 0 Å². The number of aromatic amines is 1. The van der Waals surface area contributed by atoms with Gasteiger partial charge in [-0.1, -0.05) is 35.3 Å². The molecule has 2 aromatic carbocycles. The highest BCUT2D eigenvalue weighted by Gasteiger charge is 2.29. The molecule has 0 fully saturated rings. The predicted octanol–water partition coefficient (Wildman–Crippen LogP) is 7.27. The van der Waals surface area contributed by atoms with Crippen LogP contribution in [0.1, 0.15) is 44.8 Å². The maximum absolute atomic E-state index is 13.5. The molecule has 2 amide bonds. The number of hydrogen-bond donors (Lipinski definition) is 3. The van der Waals surface area contributed by atoms with Crippen LogP contribution in [0.2, 0.25) is 10.2 Å². The molecular formula is C30H29Cl2N5O5. The Bertz CT molecular complexity index is 1720. The fraction of sp³-hybridized carbons (Fsp3) is 0.267. The van der Waals surface area contributed by atoms with E-state index in [1.54, 1.807) is 67.8 Å². The lowest BCUT2D eigenvalue weighted by Crippen LogP contribution is -2.27. The topological polar surface area (TPSA) is 127 Å².